The van der Waals surface area contributed by atoms with Crippen LogP contribution >= 0.6 is 33.9 Å². The molecular weight excluding hydrogens is 319 g/mol. The first-order chi connectivity index (χ1) is 8.36. The van der Waals surface area contributed by atoms with Gasteiger partial charge < -0.3 is 0 Å². The molecule has 0 spiro atoms. The maximum absolute atomic E-state index is 11.1. The minimum absolute atomic E-state index is 0.0470. The lowest BCUT2D eigenvalue weighted by Crippen LogP contribution is -2.00. The zero-order valence-corrected chi connectivity index (χ0v) is 11.9. The molecule has 0 N–H and O–H groups in total. The number of hydrogen-bond donors (Lipinski definition) is 0. The van der Waals surface area contributed by atoms with Gasteiger partial charge in [0, 0.05) is 26.9 Å². The molecule has 0 aliphatic heterocycles. The van der Waals surface area contributed by atoms with Crippen LogP contribution in [-0.4, -0.2) is 18.2 Å². The normalized spacial score (nSPS) is 11.7. The summed E-state index contributed by atoms with van der Waals surface area (Å²) in [6, 6.07) is 5.06. The van der Waals surface area contributed by atoms with Crippen molar-refractivity contribution in [2.75, 3.05) is 0 Å². The van der Waals surface area contributed by atoms with Crippen LogP contribution in [0.25, 0.3) is 0 Å². The second-order valence-electron chi connectivity index (χ2n) is 3.55. The van der Waals surface area contributed by atoms with E-state index in [9.17, 15) is 8.42 Å². The van der Waals surface area contributed by atoms with Crippen LogP contribution in [0.2, 0.25) is 10.0 Å². The fourth-order valence-electron chi connectivity index (χ4n) is 1.38. The van der Waals surface area contributed by atoms with E-state index < -0.39 is 9.05 Å². The lowest BCUT2D eigenvalue weighted by Gasteiger charge is -2.04. The van der Waals surface area contributed by atoms with Crippen LogP contribution in [-0.2, 0) is 15.6 Å². The third-order valence-electron chi connectivity index (χ3n) is 2.24. The van der Waals surface area contributed by atoms with E-state index in [4.69, 9.17) is 33.9 Å². The van der Waals surface area contributed by atoms with E-state index in [1.807, 2.05) is 0 Å². The third kappa shape index (κ3) is 3.17. The summed E-state index contributed by atoms with van der Waals surface area (Å²) in [5, 5.41) is 4.93. The van der Waals surface area contributed by atoms with E-state index in [0.29, 0.717) is 16.6 Å². The summed E-state index contributed by atoms with van der Waals surface area (Å²) < 4.78 is 23.6. The smallest absolute Gasteiger partial charge is 0.264 e. The van der Waals surface area contributed by atoms with Crippen molar-refractivity contribution in [1.82, 2.24) is 9.78 Å². The van der Waals surface area contributed by atoms with Gasteiger partial charge in [0.05, 0.1) is 12.7 Å². The molecule has 1 aromatic carbocycles. The standard InChI is InChI=1S/C10H7Cl3N2O2S/c11-8-2-1-7(10(12)3-8)5-15-6-9(4-14-15)18(13,16)17/h1-4,6H,5H2. The number of halogens is 3. The van der Waals surface area contributed by atoms with Gasteiger partial charge in [0.1, 0.15) is 4.90 Å². The quantitative estimate of drug-likeness (QED) is 0.815. The first-order valence-corrected chi connectivity index (χ1v) is 7.84. The summed E-state index contributed by atoms with van der Waals surface area (Å²) in [6.07, 6.45) is 2.53. The minimum Gasteiger partial charge on any atom is -0.267 e. The largest absolute Gasteiger partial charge is 0.267 e. The molecule has 18 heavy (non-hydrogen) atoms. The molecule has 0 saturated carbocycles. The SMILES string of the molecule is O=S(=O)(Cl)c1cnn(Cc2ccc(Cl)cc2Cl)c1. The van der Waals surface area contributed by atoms with Crippen molar-refractivity contribution < 1.29 is 8.42 Å². The van der Waals surface area contributed by atoms with Gasteiger partial charge in [0.2, 0.25) is 0 Å². The molecule has 0 saturated heterocycles. The third-order valence-corrected chi connectivity index (χ3v) is 4.13. The van der Waals surface area contributed by atoms with E-state index in [0.717, 1.165) is 5.56 Å². The summed E-state index contributed by atoms with van der Waals surface area (Å²) in [6.45, 7) is 0.336. The molecule has 0 aliphatic carbocycles. The van der Waals surface area contributed by atoms with Gasteiger partial charge in [-0.2, -0.15) is 5.10 Å². The maximum atomic E-state index is 11.1. The molecule has 2 aromatic rings. The first-order valence-electron chi connectivity index (χ1n) is 4.77. The van der Waals surface area contributed by atoms with Crippen molar-refractivity contribution in [3.8, 4) is 0 Å². The van der Waals surface area contributed by atoms with Crippen molar-refractivity contribution in [3.63, 3.8) is 0 Å². The molecule has 1 heterocycles. The predicted octanol–water partition coefficient (Wildman–Crippen LogP) is 3.17. The van der Waals surface area contributed by atoms with Gasteiger partial charge in [-0.25, -0.2) is 8.42 Å². The van der Waals surface area contributed by atoms with Crippen molar-refractivity contribution in [2.24, 2.45) is 0 Å². The van der Waals surface area contributed by atoms with E-state index in [1.165, 1.54) is 17.1 Å². The summed E-state index contributed by atoms with van der Waals surface area (Å²) in [5.41, 5.74) is 0.780. The molecule has 8 heteroatoms. The average molecular weight is 326 g/mol. The lowest BCUT2D eigenvalue weighted by atomic mass is 10.2. The summed E-state index contributed by atoms with van der Waals surface area (Å²) in [7, 11) is 1.45. The fraction of sp³-hybridized carbons (Fsp3) is 0.100. The van der Waals surface area contributed by atoms with Crippen molar-refractivity contribution in [2.45, 2.75) is 11.4 Å². The van der Waals surface area contributed by atoms with Gasteiger partial charge in [-0.15, -0.1) is 0 Å². The molecule has 96 valence electrons. The molecule has 4 nitrogen and oxygen atoms in total. The Labute approximate surface area is 118 Å². The van der Waals surface area contributed by atoms with E-state index >= 15 is 0 Å². The van der Waals surface area contributed by atoms with E-state index in [-0.39, 0.29) is 4.90 Å². The van der Waals surface area contributed by atoms with Crippen molar-refractivity contribution in [1.29, 1.82) is 0 Å². The Morgan fingerprint density at radius 1 is 1.28 bits per heavy atom. The number of hydrogen-bond acceptors (Lipinski definition) is 3. The fourth-order valence-corrected chi connectivity index (χ4v) is 2.51. The molecular formula is C10H7Cl3N2O2S. The van der Waals surface area contributed by atoms with Crippen LogP contribution in [0.3, 0.4) is 0 Å². The highest BCUT2D eigenvalue weighted by Gasteiger charge is 2.13. The van der Waals surface area contributed by atoms with Gasteiger partial charge in [-0.05, 0) is 17.7 Å². The lowest BCUT2D eigenvalue weighted by molar-refractivity contribution is 0.609. The van der Waals surface area contributed by atoms with Gasteiger partial charge in [-0.1, -0.05) is 29.3 Å². The number of nitrogens with zero attached hydrogens (tertiary/aromatic N) is 2. The van der Waals surface area contributed by atoms with Gasteiger partial charge in [0.15, 0.2) is 0 Å². The second kappa shape index (κ2) is 5.09. The van der Waals surface area contributed by atoms with Crippen LogP contribution in [0.5, 0.6) is 0 Å². The maximum Gasteiger partial charge on any atom is 0.264 e. The Morgan fingerprint density at radius 2 is 2.00 bits per heavy atom. The number of rotatable bonds is 3. The minimum atomic E-state index is -3.76. The molecule has 0 bridgehead atoms. The van der Waals surface area contributed by atoms with Crippen molar-refractivity contribution >= 4 is 42.9 Å². The van der Waals surface area contributed by atoms with Crippen molar-refractivity contribution in [3.05, 3.63) is 46.2 Å². The van der Waals surface area contributed by atoms with E-state index in [2.05, 4.69) is 5.10 Å². The topological polar surface area (TPSA) is 52.0 Å². The molecule has 0 unspecified atom stereocenters. The molecule has 0 radical (unpaired) electrons. The predicted molar refractivity (Wildman–Crippen MR) is 70.8 cm³/mol. The summed E-state index contributed by atoms with van der Waals surface area (Å²) in [5.74, 6) is 0. The zero-order valence-electron chi connectivity index (χ0n) is 8.85. The van der Waals surface area contributed by atoms with Gasteiger partial charge >= 0.3 is 0 Å². The zero-order chi connectivity index (χ0) is 13.3. The highest BCUT2D eigenvalue weighted by molar-refractivity contribution is 8.13. The van der Waals surface area contributed by atoms with Crippen LogP contribution in [0.15, 0.2) is 35.5 Å². The summed E-state index contributed by atoms with van der Waals surface area (Å²) in [4.78, 5) is -0.0470. The van der Waals surface area contributed by atoms with Crippen LogP contribution in [0.4, 0.5) is 0 Å². The molecule has 2 rings (SSSR count). The van der Waals surface area contributed by atoms with Crippen LogP contribution in [0.1, 0.15) is 5.56 Å². The Morgan fingerprint density at radius 3 is 2.56 bits per heavy atom. The van der Waals surface area contributed by atoms with E-state index in [1.54, 1.807) is 18.2 Å². The van der Waals surface area contributed by atoms with Gasteiger partial charge in [-0.3, -0.25) is 4.68 Å². The Hall–Kier alpha value is -0.750. The average Bonchev–Trinajstić information content (AvgIpc) is 2.70. The molecule has 0 aliphatic rings. The van der Waals surface area contributed by atoms with Gasteiger partial charge in [0.25, 0.3) is 9.05 Å². The molecule has 0 amide bonds. The van der Waals surface area contributed by atoms with Crippen LogP contribution < -0.4 is 0 Å². The monoisotopic (exact) mass is 324 g/mol. The second-order valence-corrected chi connectivity index (χ2v) is 6.96. The molecule has 0 fully saturated rings. The number of benzene rings is 1. The number of aromatic nitrogens is 2. The first kappa shape index (κ1) is 13.7. The molecule has 0 atom stereocenters. The summed E-state index contributed by atoms with van der Waals surface area (Å²) >= 11 is 11.8. The Bertz CT molecular complexity index is 682. The Kier molecular flexibility index (Phi) is 3.87. The highest BCUT2D eigenvalue weighted by atomic mass is 35.7. The van der Waals surface area contributed by atoms with Crippen LogP contribution in [0, 0.1) is 0 Å². The highest BCUT2D eigenvalue weighted by Crippen LogP contribution is 2.22. The Balaban J connectivity index is 2.27. The molecule has 1 aromatic heterocycles.